The van der Waals surface area contributed by atoms with Gasteiger partial charge in [0, 0.05) is 43.4 Å². The molecule has 0 N–H and O–H groups in total. The molecule has 5 rings (SSSR count). The summed E-state index contributed by atoms with van der Waals surface area (Å²) in [6.07, 6.45) is -1.97. The minimum atomic E-state index is -4.38. The second-order valence-electron chi connectivity index (χ2n) is 8.58. The molecule has 0 radical (unpaired) electrons. The van der Waals surface area contributed by atoms with E-state index in [-0.39, 0.29) is 0 Å². The van der Waals surface area contributed by atoms with E-state index < -0.39 is 11.7 Å². The number of hydrogen-bond acceptors (Lipinski definition) is 2. The number of aryl methyl sites for hydroxylation is 1. The van der Waals surface area contributed by atoms with E-state index in [4.69, 9.17) is 0 Å². The summed E-state index contributed by atoms with van der Waals surface area (Å²) in [5, 5.41) is 2.00. The molecule has 0 saturated heterocycles. The number of hydrogen-bond donors (Lipinski definition) is 0. The van der Waals surface area contributed by atoms with Gasteiger partial charge in [0.25, 0.3) is 0 Å². The van der Waals surface area contributed by atoms with Crippen molar-refractivity contribution < 1.29 is 13.2 Å². The summed E-state index contributed by atoms with van der Waals surface area (Å²) in [4.78, 5) is 5.86. The molecular weight excluding hydrogens is 590 g/mol. The van der Waals surface area contributed by atoms with Crippen molar-refractivity contribution in [3.63, 3.8) is 0 Å². The van der Waals surface area contributed by atoms with Crippen LogP contribution in [0, 0.1) is 0 Å². The number of benzene rings is 4. The smallest absolute Gasteiger partial charge is 0.256 e. The Morgan fingerprint density at radius 2 is 1.33 bits per heavy atom. The number of aromatic nitrogens is 1. The van der Waals surface area contributed by atoms with Crippen LogP contribution >= 0.6 is 30.1 Å². The Morgan fingerprint density at radius 3 is 1.92 bits per heavy atom. The highest BCUT2D eigenvalue weighted by molar-refractivity contribution is 14.2. The summed E-state index contributed by atoms with van der Waals surface area (Å²) < 4.78 is 40.4. The maximum atomic E-state index is 13.5. The molecule has 0 atom stereocenters. The van der Waals surface area contributed by atoms with Gasteiger partial charge in [0.1, 0.15) is 0 Å². The summed E-state index contributed by atoms with van der Waals surface area (Å²) in [5.41, 5.74) is 5.36. The lowest BCUT2D eigenvalue weighted by molar-refractivity contribution is -0.137. The first-order chi connectivity index (χ1) is 17.3. The van der Waals surface area contributed by atoms with E-state index in [2.05, 4.69) is 62.6 Å². The van der Waals surface area contributed by atoms with Crippen LogP contribution in [-0.2, 0) is 12.6 Å². The Kier molecular flexibility index (Phi) is 7.08. The SMILES string of the molecule is CCc1cc(-c2ccc3ccc(-c4ccc(-c5ccc(SI)cc5)nc4)cc3c2)cc(C(F)(F)F)c1. The van der Waals surface area contributed by atoms with Gasteiger partial charge < -0.3 is 0 Å². The maximum Gasteiger partial charge on any atom is 0.416 e. The molecule has 36 heavy (non-hydrogen) atoms. The van der Waals surface area contributed by atoms with Crippen LogP contribution in [0.25, 0.3) is 44.3 Å². The van der Waals surface area contributed by atoms with Crippen LogP contribution in [0.15, 0.2) is 102 Å². The summed E-state index contributed by atoms with van der Waals surface area (Å²) in [6, 6.07) is 28.6. The summed E-state index contributed by atoms with van der Waals surface area (Å²) in [5.74, 6) is 0. The van der Waals surface area contributed by atoms with Gasteiger partial charge in [-0.15, -0.1) is 0 Å². The molecule has 0 spiro atoms. The van der Waals surface area contributed by atoms with Gasteiger partial charge in [-0.25, -0.2) is 0 Å². The Bertz CT molecular complexity index is 1530. The van der Waals surface area contributed by atoms with E-state index in [1.165, 1.54) is 17.0 Å². The van der Waals surface area contributed by atoms with E-state index in [1.54, 1.807) is 8.93 Å². The Hall–Kier alpha value is -2.84. The molecule has 1 heterocycles. The molecule has 0 saturated carbocycles. The zero-order valence-electron chi connectivity index (χ0n) is 19.3. The quantitative estimate of drug-likeness (QED) is 0.184. The summed E-state index contributed by atoms with van der Waals surface area (Å²) >= 11 is 2.26. The number of nitrogens with zero attached hydrogens (tertiary/aromatic N) is 1. The van der Waals surface area contributed by atoms with Crippen LogP contribution in [0.1, 0.15) is 18.1 Å². The molecule has 0 fully saturated rings. The molecule has 1 aromatic heterocycles. The van der Waals surface area contributed by atoms with Gasteiger partial charge in [-0.3, -0.25) is 4.98 Å². The summed E-state index contributed by atoms with van der Waals surface area (Å²) in [6.45, 7) is 1.87. The molecule has 1 nitrogen and oxygen atoms in total. The summed E-state index contributed by atoms with van der Waals surface area (Å²) in [7, 11) is 1.68. The lowest BCUT2D eigenvalue weighted by Gasteiger charge is -2.13. The zero-order valence-corrected chi connectivity index (χ0v) is 22.3. The Labute approximate surface area is 224 Å². The predicted octanol–water partition coefficient (Wildman–Crippen LogP) is 10.3. The third kappa shape index (κ3) is 5.30. The standard InChI is InChI=1S/C30H21F3INS/c1-2-19-13-25(17-27(14-19)30(31,32)33)23-6-4-20-3-5-22(15-26(20)16-23)24-9-12-29(35-18-24)21-7-10-28(36-34)11-8-21/h3-18H,2H2,1H3. The molecule has 6 heteroatoms. The van der Waals surface area contributed by atoms with Gasteiger partial charge in [-0.05, 0) is 81.9 Å². The van der Waals surface area contributed by atoms with Crippen molar-refractivity contribution in [3.8, 4) is 33.5 Å². The van der Waals surface area contributed by atoms with E-state index in [1.807, 2.05) is 55.6 Å². The van der Waals surface area contributed by atoms with Gasteiger partial charge in [0.15, 0.2) is 0 Å². The van der Waals surface area contributed by atoms with Gasteiger partial charge in [0.05, 0.1) is 11.3 Å². The molecule has 0 amide bonds. The highest BCUT2D eigenvalue weighted by Crippen LogP contribution is 2.35. The molecule has 0 aliphatic heterocycles. The first-order valence-corrected chi connectivity index (χ1v) is 14.8. The van der Waals surface area contributed by atoms with E-state index in [0.717, 1.165) is 38.7 Å². The highest BCUT2D eigenvalue weighted by Gasteiger charge is 2.31. The van der Waals surface area contributed by atoms with Gasteiger partial charge >= 0.3 is 6.18 Å². The van der Waals surface area contributed by atoms with Crippen LogP contribution < -0.4 is 0 Å². The van der Waals surface area contributed by atoms with Gasteiger partial charge in [-0.2, -0.15) is 13.2 Å². The van der Waals surface area contributed by atoms with Gasteiger partial charge in [0.2, 0.25) is 0 Å². The second kappa shape index (κ2) is 10.3. The first kappa shape index (κ1) is 24.8. The molecule has 0 bridgehead atoms. The van der Waals surface area contributed by atoms with Crippen LogP contribution in [0.2, 0.25) is 0 Å². The number of rotatable bonds is 5. The molecule has 180 valence electrons. The van der Waals surface area contributed by atoms with E-state index in [0.29, 0.717) is 17.5 Å². The molecule has 5 aromatic rings. The fourth-order valence-corrected chi connectivity index (χ4v) is 5.36. The van der Waals surface area contributed by atoms with Crippen molar-refractivity contribution in [2.75, 3.05) is 0 Å². The largest absolute Gasteiger partial charge is 0.416 e. The molecule has 4 aromatic carbocycles. The molecule has 0 unspecified atom stereocenters. The van der Waals surface area contributed by atoms with Crippen molar-refractivity contribution >= 4 is 40.9 Å². The van der Waals surface area contributed by atoms with Crippen molar-refractivity contribution in [2.24, 2.45) is 0 Å². The van der Waals surface area contributed by atoms with Crippen LogP contribution in [-0.4, -0.2) is 4.98 Å². The lowest BCUT2D eigenvalue weighted by Crippen LogP contribution is -2.06. The van der Waals surface area contributed by atoms with Crippen molar-refractivity contribution in [3.05, 3.63) is 108 Å². The topological polar surface area (TPSA) is 12.9 Å². The van der Waals surface area contributed by atoms with Crippen LogP contribution in [0.5, 0.6) is 0 Å². The van der Waals surface area contributed by atoms with Crippen molar-refractivity contribution in [2.45, 2.75) is 24.4 Å². The third-order valence-electron chi connectivity index (χ3n) is 6.24. The van der Waals surface area contributed by atoms with Crippen molar-refractivity contribution in [1.29, 1.82) is 0 Å². The number of pyridine rings is 1. The number of alkyl halides is 3. The zero-order chi connectivity index (χ0) is 25.3. The minimum absolute atomic E-state index is 0.541. The first-order valence-electron chi connectivity index (χ1n) is 11.4. The molecule has 0 aliphatic carbocycles. The van der Waals surface area contributed by atoms with Crippen molar-refractivity contribution in [1.82, 2.24) is 4.98 Å². The van der Waals surface area contributed by atoms with Crippen LogP contribution in [0.4, 0.5) is 13.2 Å². The third-order valence-corrected chi connectivity index (χ3v) is 8.21. The maximum absolute atomic E-state index is 13.5. The highest BCUT2D eigenvalue weighted by atomic mass is 127. The molecule has 0 aliphatic rings. The second-order valence-corrected chi connectivity index (χ2v) is 10.5. The van der Waals surface area contributed by atoms with E-state index in [9.17, 15) is 13.2 Å². The minimum Gasteiger partial charge on any atom is -0.256 e. The average Bonchev–Trinajstić information content (AvgIpc) is 2.92. The Morgan fingerprint density at radius 1 is 0.694 bits per heavy atom. The normalized spacial score (nSPS) is 11.7. The van der Waals surface area contributed by atoms with Gasteiger partial charge in [-0.1, -0.05) is 64.4 Å². The van der Waals surface area contributed by atoms with E-state index >= 15 is 0 Å². The fourth-order valence-electron chi connectivity index (χ4n) is 4.24. The molecular formula is C30H21F3INS. The lowest BCUT2D eigenvalue weighted by atomic mass is 9.95. The average molecular weight is 611 g/mol. The Balaban J connectivity index is 1.49. The monoisotopic (exact) mass is 611 g/mol. The number of halogens is 4. The predicted molar refractivity (Wildman–Crippen MR) is 152 cm³/mol. The van der Waals surface area contributed by atoms with Crippen LogP contribution in [0.3, 0.4) is 0 Å². The number of fused-ring (bicyclic) bond motifs is 1. The fraction of sp³-hybridized carbons (Fsp3) is 0.100.